The quantitative estimate of drug-likeness (QED) is 0.231. The molecule has 0 bridgehead atoms. The van der Waals surface area contributed by atoms with E-state index in [1.807, 2.05) is 12.1 Å². The molecule has 0 N–H and O–H groups in total. The lowest BCUT2D eigenvalue weighted by Crippen LogP contribution is -1.91. The zero-order chi connectivity index (χ0) is 20.8. The van der Waals surface area contributed by atoms with Crippen LogP contribution in [0.2, 0.25) is 0 Å². The van der Waals surface area contributed by atoms with Crippen LogP contribution >= 0.6 is 0 Å². The second-order valence-corrected chi connectivity index (χ2v) is 8.61. The number of hydrogen-bond donors (Lipinski definition) is 0. The van der Waals surface area contributed by atoms with Gasteiger partial charge in [-0.05, 0) is 22.9 Å². The van der Waals surface area contributed by atoms with Gasteiger partial charge in [-0.1, -0.05) is 78.9 Å². The molecule has 0 aliphatic heterocycles. The van der Waals surface area contributed by atoms with Crippen LogP contribution in [0.3, 0.4) is 0 Å². The smallest absolute Gasteiger partial charge is 0.137 e. The average Bonchev–Trinajstić information content (AvgIpc) is 3.41. The van der Waals surface area contributed by atoms with Crippen molar-refractivity contribution in [1.29, 1.82) is 0 Å². The summed E-state index contributed by atoms with van der Waals surface area (Å²) in [5.41, 5.74) is 4.29. The van der Waals surface area contributed by atoms with Crippen molar-refractivity contribution in [3.63, 3.8) is 0 Å². The van der Waals surface area contributed by atoms with Crippen molar-refractivity contribution in [2.45, 2.75) is 0 Å². The van der Waals surface area contributed by atoms with E-state index in [1.54, 1.807) is 0 Å². The zero-order valence-corrected chi connectivity index (χ0v) is 17.2. The number of fused-ring (bicyclic) bond motifs is 13. The predicted octanol–water partition coefficient (Wildman–Crippen LogP) is 8.45. The van der Waals surface area contributed by atoms with Crippen molar-refractivity contribution >= 4 is 70.7 Å². The van der Waals surface area contributed by atoms with Crippen molar-refractivity contribution < 1.29 is 4.42 Å². The van der Waals surface area contributed by atoms with Gasteiger partial charge in [0, 0.05) is 50.0 Å². The van der Waals surface area contributed by atoms with E-state index >= 15 is 0 Å². The summed E-state index contributed by atoms with van der Waals surface area (Å²) in [5, 5.41) is 11.2. The molecule has 3 heterocycles. The Morgan fingerprint density at radius 3 is 2.16 bits per heavy atom. The molecular weight excluding hydrogens is 390 g/mol. The Morgan fingerprint density at radius 2 is 1.25 bits per heavy atom. The number of furan rings is 1. The molecule has 0 fully saturated rings. The highest BCUT2D eigenvalue weighted by Crippen LogP contribution is 2.41. The van der Waals surface area contributed by atoms with Gasteiger partial charge < -0.3 is 8.82 Å². The number of hydrogen-bond acceptors (Lipinski definition) is 1. The number of benzene rings is 5. The molecule has 2 heteroatoms. The largest absolute Gasteiger partial charge is 0.456 e. The van der Waals surface area contributed by atoms with Crippen molar-refractivity contribution in [3.8, 4) is 0 Å². The molecule has 0 atom stereocenters. The van der Waals surface area contributed by atoms with Gasteiger partial charge in [-0.25, -0.2) is 0 Å². The van der Waals surface area contributed by atoms with Crippen molar-refractivity contribution in [2.75, 3.05) is 0 Å². The van der Waals surface area contributed by atoms with Gasteiger partial charge in [0.15, 0.2) is 0 Å². The molecule has 0 amide bonds. The molecule has 0 spiro atoms. The molecule has 3 aromatic heterocycles. The third-order valence-electron chi connectivity index (χ3n) is 6.93. The standard InChI is InChI=1S/C30H17NO/c1-3-9-20-18(7-1)13-14-23-29(20)25-15-24-22-11-5-6-12-27(22)32-28(24)16-26(25)31-17-19-8-2-4-10-21(19)30(23)31/h1-17H. The number of rotatable bonds is 0. The Kier molecular flexibility index (Phi) is 2.91. The molecule has 0 unspecified atom stereocenters. The lowest BCUT2D eigenvalue weighted by molar-refractivity contribution is 0.669. The Morgan fingerprint density at radius 1 is 0.500 bits per heavy atom. The molecule has 0 saturated heterocycles. The molecule has 8 aromatic rings. The van der Waals surface area contributed by atoms with Gasteiger partial charge in [0.25, 0.3) is 0 Å². The van der Waals surface area contributed by atoms with Crippen LogP contribution in [-0.4, -0.2) is 4.40 Å². The zero-order valence-electron chi connectivity index (χ0n) is 17.2. The van der Waals surface area contributed by atoms with Crippen LogP contribution in [0.15, 0.2) is 108 Å². The lowest BCUT2D eigenvalue weighted by Gasteiger charge is -2.12. The SMILES string of the molecule is c1ccc2c(c1)ccc1c2c2cc3c(cc2n2cc4ccccc4c12)oc1ccccc13. The highest BCUT2D eigenvalue weighted by molar-refractivity contribution is 6.28. The molecule has 0 aliphatic rings. The molecule has 0 radical (unpaired) electrons. The van der Waals surface area contributed by atoms with Crippen molar-refractivity contribution in [2.24, 2.45) is 0 Å². The van der Waals surface area contributed by atoms with Crippen LogP contribution in [-0.2, 0) is 0 Å². The van der Waals surface area contributed by atoms with E-state index in [4.69, 9.17) is 4.42 Å². The third kappa shape index (κ3) is 1.95. The fourth-order valence-electron chi connectivity index (χ4n) is 5.54. The first-order valence-electron chi connectivity index (χ1n) is 10.9. The minimum Gasteiger partial charge on any atom is -0.456 e. The van der Waals surface area contributed by atoms with E-state index < -0.39 is 0 Å². The van der Waals surface area contributed by atoms with Crippen LogP contribution in [0.5, 0.6) is 0 Å². The number of nitrogens with zero attached hydrogens (tertiary/aromatic N) is 1. The van der Waals surface area contributed by atoms with E-state index in [2.05, 4.69) is 95.5 Å². The Bertz CT molecular complexity index is 2040. The molecule has 0 aliphatic carbocycles. The minimum absolute atomic E-state index is 0.928. The fourth-order valence-corrected chi connectivity index (χ4v) is 5.54. The van der Waals surface area contributed by atoms with Gasteiger partial charge in [0.05, 0.1) is 11.0 Å². The molecular formula is C30H17NO. The summed E-state index contributed by atoms with van der Waals surface area (Å²) in [4.78, 5) is 0. The number of pyridine rings is 1. The van der Waals surface area contributed by atoms with Gasteiger partial charge in [0.1, 0.15) is 11.2 Å². The molecule has 0 saturated carbocycles. The van der Waals surface area contributed by atoms with Gasteiger partial charge in [-0.2, -0.15) is 0 Å². The summed E-state index contributed by atoms with van der Waals surface area (Å²) in [7, 11) is 0. The van der Waals surface area contributed by atoms with E-state index in [0.717, 1.165) is 16.6 Å². The van der Waals surface area contributed by atoms with Crippen molar-refractivity contribution in [1.82, 2.24) is 4.40 Å². The monoisotopic (exact) mass is 407 g/mol. The summed E-state index contributed by atoms with van der Waals surface area (Å²) in [6.45, 7) is 0. The number of para-hydroxylation sites is 1. The summed E-state index contributed by atoms with van der Waals surface area (Å²) >= 11 is 0. The molecule has 148 valence electrons. The topological polar surface area (TPSA) is 17.6 Å². The molecule has 8 rings (SSSR count). The molecule has 32 heavy (non-hydrogen) atoms. The second-order valence-electron chi connectivity index (χ2n) is 8.61. The molecule has 5 aromatic carbocycles. The van der Waals surface area contributed by atoms with Crippen molar-refractivity contribution in [3.05, 3.63) is 103 Å². The van der Waals surface area contributed by atoms with Crippen LogP contribution < -0.4 is 0 Å². The maximum Gasteiger partial charge on any atom is 0.137 e. The van der Waals surface area contributed by atoms with Crippen LogP contribution in [0.4, 0.5) is 0 Å². The Labute approximate surface area is 182 Å². The summed E-state index contributed by atoms with van der Waals surface area (Å²) in [6.07, 6.45) is 2.26. The highest BCUT2D eigenvalue weighted by atomic mass is 16.3. The Hall–Kier alpha value is -4.30. The van der Waals surface area contributed by atoms with Gasteiger partial charge in [-0.3, -0.25) is 0 Å². The van der Waals surface area contributed by atoms with E-state index in [0.29, 0.717) is 0 Å². The normalized spacial score (nSPS) is 12.4. The maximum atomic E-state index is 6.27. The lowest BCUT2D eigenvalue weighted by atomic mass is 9.96. The van der Waals surface area contributed by atoms with Gasteiger partial charge >= 0.3 is 0 Å². The first kappa shape index (κ1) is 16.4. The summed E-state index contributed by atoms with van der Waals surface area (Å²) < 4.78 is 8.62. The minimum atomic E-state index is 0.928. The fraction of sp³-hybridized carbons (Fsp3) is 0. The first-order chi connectivity index (χ1) is 15.9. The van der Waals surface area contributed by atoms with Crippen LogP contribution in [0.25, 0.3) is 70.7 Å². The number of aromatic nitrogens is 1. The van der Waals surface area contributed by atoms with E-state index in [-0.39, 0.29) is 0 Å². The predicted molar refractivity (Wildman–Crippen MR) is 135 cm³/mol. The maximum absolute atomic E-state index is 6.27. The third-order valence-corrected chi connectivity index (χ3v) is 6.93. The molecule has 2 nitrogen and oxygen atoms in total. The van der Waals surface area contributed by atoms with Crippen LogP contribution in [0.1, 0.15) is 0 Å². The highest BCUT2D eigenvalue weighted by Gasteiger charge is 2.17. The Balaban J connectivity index is 1.75. The van der Waals surface area contributed by atoms with Gasteiger partial charge in [0.2, 0.25) is 0 Å². The summed E-state index contributed by atoms with van der Waals surface area (Å²) in [6, 6.07) is 34.8. The summed E-state index contributed by atoms with van der Waals surface area (Å²) in [5.74, 6) is 0. The second kappa shape index (κ2) is 5.68. The van der Waals surface area contributed by atoms with Gasteiger partial charge in [-0.15, -0.1) is 0 Å². The van der Waals surface area contributed by atoms with E-state index in [1.165, 1.54) is 54.1 Å². The average molecular weight is 407 g/mol. The van der Waals surface area contributed by atoms with E-state index in [9.17, 15) is 0 Å². The first-order valence-corrected chi connectivity index (χ1v) is 10.9. The van der Waals surface area contributed by atoms with Crippen LogP contribution in [0, 0.1) is 0 Å².